The van der Waals surface area contributed by atoms with Gasteiger partial charge in [0.1, 0.15) is 5.76 Å². The van der Waals surface area contributed by atoms with Crippen molar-refractivity contribution in [1.82, 2.24) is 5.32 Å². The van der Waals surface area contributed by atoms with Crippen LogP contribution < -0.4 is 5.32 Å². The smallest absolute Gasteiger partial charge is 0.251 e. The molecule has 0 saturated carbocycles. The van der Waals surface area contributed by atoms with Gasteiger partial charge in [0.25, 0.3) is 5.91 Å². The number of carbonyl (C=O) groups is 1. The number of furan rings is 1. The Morgan fingerprint density at radius 3 is 2.78 bits per heavy atom. The van der Waals surface area contributed by atoms with Crippen LogP contribution in [0.3, 0.4) is 0 Å². The molecule has 0 bridgehead atoms. The number of aliphatic hydroxyl groups is 1. The molecule has 6 heteroatoms. The number of carbonyl (C=O) groups excluding carboxylic acids is 1. The molecule has 0 aliphatic carbocycles. The minimum atomic E-state index is -1.41. The van der Waals surface area contributed by atoms with E-state index in [0.717, 1.165) is 0 Å². The number of hydrogen-bond acceptors (Lipinski definition) is 4. The van der Waals surface area contributed by atoms with Crippen LogP contribution in [0.2, 0.25) is 5.02 Å². The van der Waals surface area contributed by atoms with Crippen molar-refractivity contribution in [1.29, 1.82) is 0 Å². The minimum absolute atomic E-state index is 0.00757. The third-order valence-corrected chi connectivity index (χ3v) is 4.71. The second-order valence-corrected chi connectivity index (χ2v) is 6.39. The quantitative estimate of drug-likeness (QED) is 0.740. The van der Waals surface area contributed by atoms with Crippen molar-refractivity contribution >= 4 is 28.8 Å². The third-order valence-electron chi connectivity index (χ3n) is 3.45. The maximum Gasteiger partial charge on any atom is 0.251 e. The number of nitrogens with one attached hydrogen (secondary N) is 1. The molecule has 0 fully saturated rings. The second-order valence-electron chi connectivity index (χ2n) is 5.01. The molecule has 2 aromatic heterocycles. The number of thiophene rings is 1. The molecule has 2 heterocycles. The van der Waals surface area contributed by atoms with E-state index >= 15 is 0 Å². The maximum atomic E-state index is 12.3. The summed E-state index contributed by atoms with van der Waals surface area (Å²) in [5.74, 6) is 0.0698. The van der Waals surface area contributed by atoms with Crippen LogP contribution in [-0.4, -0.2) is 17.6 Å². The lowest BCUT2D eigenvalue weighted by Gasteiger charge is -2.25. The third kappa shape index (κ3) is 3.32. The Morgan fingerprint density at radius 1 is 1.26 bits per heavy atom. The number of hydrogen-bond donors (Lipinski definition) is 2. The van der Waals surface area contributed by atoms with Crippen LogP contribution in [-0.2, 0) is 5.60 Å². The summed E-state index contributed by atoms with van der Waals surface area (Å²) in [5.41, 5.74) is -0.975. The van der Waals surface area contributed by atoms with E-state index in [-0.39, 0.29) is 12.5 Å². The molecule has 0 aliphatic rings. The van der Waals surface area contributed by atoms with Crippen LogP contribution in [0.15, 0.2) is 64.6 Å². The van der Waals surface area contributed by atoms with Crippen molar-refractivity contribution in [2.24, 2.45) is 0 Å². The van der Waals surface area contributed by atoms with Gasteiger partial charge >= 0.3 is 0 Å². The highest BCUT2D eigenvalue weighted by atomic mass is 35.5. The van der Waals surface area contributed by atoms with Gasteiger partial charge < -0.3 is 14.8 Å². The van der Waals surface area contributed by atoms with Crippen LogP contribution in [0, 0.1) is 0 Å². The molecule has 0 aliphatic heterocycles. The zero-order chi connectivity index (χ0) is 16.3. The number of rotatable bonds is 5. The van der Waals surface area contributed by atoms with Crippen LogP contribution in [0.1, 0.15) is 21.0 Å². The van der Waals surface area contributed by atoms with E-state index in [1.807, 2.05) is 11.4 Å². The monoisotopic (exact) mass is 347 g/mol. The van der Waals surface area contributed by atoms with Gasteiger partial charge in [0.15, 0.2) is 5.60 Å². The molecule has 1 atom stereocenters. The van der Waals surface area contributed by atoms with Gasteiger partial charge in [-0.1, -0.05) is 23.7 Å². The molecule has 4 nitrogen and oxygen atoms in total. The molecule has 1 aromatic carbocycles. The fourth-order valence-electron chi connectivity index (χ4n) is 2.26. The Morgan fingerprint density at radius 2 is 2.13 bits per heavy atom. The van der Waals surface area contributed by atoms with Crippen LogP contribution in [0.4, 0.5) is 0 Å². The second kappa shape index (κ2) is 6.58. The van der Waals surface area contributed by atoms with E-state index in [1.165, 1.54) is 17.6 Å². The van der Waals surface area contributed by atoms with Crippen molar-refractivity contribution in [2.45, 2.75) is 5.60 Å². The molecule has 0 saturated heterocycles. The predicted molar refractivity (Wildman–Crippen MR) is 89.8 cm³/mol. The van der Waals surface area contributed by atoms with Crippen LogP contribution in [0.25, 0.3) is 0 Å². The molecule has 1 unspecified atom stereocenters. The van der Waals surface area contributed by atoms with Gasteiger partial charge in [0, 0.05) is 15.5 Å². The molecule has 3 rings (SSSR count). The van der Waals surface area contributed by atoms with Gasteiger partial charge in [-0.2, -0.15) is 0 Å². The average Bonchev–Trinajstić information content (AvgIpc) is 3.25. The first-order valence-corrected chi connectivity index (χ1v) is 8.19. The molecule has 1 amide bonds. The Hall–Kier alpha value is -2.08. The standard InChI is InChI=1S/C17H14ClNO3S/c18-13-5-1-4-12(10-13)16(20)19-11-17(21,14-6-2-8-22-14)15-7-3-9-23-15/h1-10,21H,11H2,(H,19,20). The summed E-state index contributed by atoms with van der Waals surface area (Å²) in [5, 5.41) is 16.1. The first-order valence-electron chi connectivity index (χ1n) is 6.94. The molecule has 23 heavy (non-hydrogen) atoms. The minimum Gasteiger partial charge on any atom is -0.466 e. The normalized spacial score (nSPS) is 13.5. The Kier molecular flexibility index (Phi) is 4.52. The number of halogens is 1. The summed E-state index contributed by atoms with van der Waals surface area (Å²) in [6, 6.07) is 13.7. The zero-order valence-corrected chi connectivity index (χ0v) is 13.6. The largest absolute Gasteiger partial charge is 0.466 e. The van der Waals surface area contributed by atoms with E-state index in [9.17, 15) is 9.90 Å². The van der Waals surface area contributed by atoms with Crippen molar-refractivity contribution in [3.63, 3.8) is 0 Å². The summed E-state index contributed by atoms with van der Waals surface area (Å²) in [7, 11) is 0. The highest BCUT2D eigenvalue weighted by Gasteiger charge is 2.36. The van der Waals surface area contributed by atoms with E-state index in [2.05, 4.69) is 5.32 Å². The van der Waals surface area contributed by atoms with Gasteiger partial charge in [-0.25, -0.2) is 0 Å². The first kappa shape index (κ1) is 15.8. The van der Waals surface area contributed by atoms with Gasteiger partial charge in [0.05, 0.1) is 12.8 Å². The Bertz CT molecular complexity index is 750. The molecule has 0 radical (unpaired) electrons. The summed E-state index contributed by atoms with van der Waals surface area (Å²) in [4.78, 5) is 13.0. The molecule has 3 aromatic rings. The van der Waals surface area contributed by atoms with Gasteiger partial charge in [0.2, 0.25) is 0 Å². The first-order chi connectivity index (χ1) is 11.1. The summed E-state index contributed by atoms with van der Waals surface area (Å²) >= 11 is 7.29. The SMILES string of the molecule is O=C(NCC(O)(c1ccco1)c1cccs1)c1cccc(Cl)c1. The molecule has 118 valence electrons. The summed E-state index contributed by atoms with van der Waals surface area (Å²) < 4.78 is 5.36. The fraction of sp³-hybridized carbons (Fsp3) is 0.118. The maximum absolute atomic E-state index is 12.3. The number of amides is 1. The Balaban J connectivity index is 1.82. The van der Waals surface area contributed by atoms with Gasteiger partial charge in [-0.3, -0.25) is 4.79 Å². The topological polar surface area (TPSA) is 62.5 Å². The van der Waals surface area contributed by atoms with Crippen LogP contribution >= 0.6 is 22.9 Å². The van der Waals surface area contributed by atoms with E-state index in [4.69, 9.17) is 16.0 Å². The van der Waals surface area contributed by atoms with E-state index < -0.39 is 5.60 Å². The van der Waals surface area contributed by atoms with Crippen molar-refractivity contribution in [3.8, 4) is 0 Å². The van der Waals surface area contributed by atoms with Crippen LogP contribution in [0.5, 0.6) is 0 Å². The van der Waals surface area contributed by atoms with E-state index in [1.54, 1.807) is 42.5 Å². The van der Waals surface area contributed by atoms with Gasteiger partial charge in [-0.05, 0) is 41.8 Å². The Labute approximate surface area is 142 Å². The summed E-state index contributed by atoms with van der Waals surface area (Å²) in [6.45, 7) is -0.00757. The lowest BCUT2D eigenvalue weighted by molar-refractivity contribution is 0.0554. The highest BCUT2D eigenvalue weighted by Crippen LogP contribution is 2.32. The number of benzene rings is 1. The molecule has 2 N–H and O–H groups in total. The van der Waals surface area contributed by atoms with Crippen molar-refractivity contribution in [2.75, 3.05) is 6.54 Å². The molecular formula is C17H14ClNO3S. The van der Waals surface area contributed by atoms with Crippen molar-refractivity contribution < 1.29 is 14.3 Å². The summed E-state index contributed by atoms with van der Waals surface area (Å²) in [6.07, 6.45) is 1.49. The van der Waals surface area contributed by atoms with E-state index in [0.29, 0.717) is 21.2 Å². The lowest BCUT2D eigenvalue weighted by atomic mass is 9.98. The zero-order valence-electron chi connectivity index (χ0n) is 12.0. The lowest BCUT2D eigenvalue weighted by Crippen LogP contribution is -2.41. The highest BCUT2D eigenvalue weighted by molar-refractivity contribution is 7.10. The average molecular weight is 348 g/mol. The fourth-order valence-corrected chi connectivity index (χ4v) is 3.28. The van der Waals surface area contributed by atoms with Crippen molar-refractivity contribution in [3.05, 3.63) is 81.4 Å². The predicted octanol–water partition coefficient (Wildman–Crippen LogP) is 3.66. The molecule has 0 spiro atoms. The molecular weight excluding hydrogens is 334 g/mol. The van der Waals surface area contributed by atoms with Gasteiger partial charge in [-0.15, -0.1) is 11.3 Å².